The molecule has 0 N–H and O–H groups in total. The van der Waals surface area contributed by atoms with Gasteiger partial charge in [-0.3, -0.25) is 4.98 Å². The molecule has 0 bridgehead atoms. The van der Waals surface area contributed by atoms with Crippen molar-refractivity contribution < 1.29 is 9.13 Å². The van der Waals surface area contributed by atoms with E-state index in [1.807, 2.05) is 54.6 Å². The maximum absolute atomic E-state index is 12.8. The van der Waals surface area contributed by atoms with Crippen LogP contribution in [0.5, 0.6) is 11.5 Å². The molecule has 0 saturated heterocycles. The van der Waals surface area contributed by atoms with Gasteiger partial charge in [0.15, 0.2) is 0 Å². The summed E-state index contributed by atoms with van der Waals surface area (Å²) in [6.07, 6.45) is 1.21. The van der Waals surface area contributed by atoms with E-state index in [0.717, 1.165) is 22.8 Å². The van der Waals surface area contributed by atoms with Crippen molar-refractivity contribution in [2.45, 2.75) is 0 Å². The van der Waals surface area contributed by atoms with Crippen LogP contribution in [-0.2, 0) is 0 Å². The molecule has 0 radical (unpaired) electrons. The molecule has 20 heavy (non-hydrogen) atoms. The van der Waals surface area contributed by atoms with Crippen molar-refractivity contribution in [2.75, 3.05) is 0 Å². The molecule has 0 spiro atoms. The third-order valence-electron chi connectivity index (χ3n) is 2.86. The standard InChI is InChI=1S/C17H12FNO/c18-14-8-11-17(19-12-14)13-6-9-16(10-7-13)20-15-4-2-1-3-5-15/h1-12H. The summed E-state index contributed by atoms with van der Waals surface area (Å²) in [6, 6.07) is 20.2. The fourth-order valence-electron chi connectivity index (χ4n) is 1.86. The number of nitrogens with zero attached hydrogens (tertiary/aromatic N) is 1. The molecule has 3 aromatic rings. The fourth-order valence-corrected chi connectivity index (χ4v) is 1.86. The Hall–Kier alpha value is -2.68. The molecule has 3 heteroatoms. The molecule has 1 heterocycles. The van der Waals surface area contributed by atoms with Crippen molar-refractivity contribution in [3.63, 3.8) is 0 Å². The Kier molecular flexibility index (Phi) is 3.42. The molecular weight excluding hydrogens is 253 g/mol. The predicted molar refractivity (Wildman–Crippen MR) is 76.1 cm³/mol. The van der Waals surface area contributed by atoms with Crippen LogP contribution < -0.4 is 4.74 Å². The summed E-state index contributed by atoms with van der Waals surface area (Å²) in [7, 11) is 0. The Morgan fingerprint density at radius 3 is 2.10 bits per heavy atom. The Bertz CT molecular complexity index is 678. The summed E-state index contributed by atoms with van der Waals surface area (Å²) in [5.41, 5.74) is 1.66. The van der Waals surface area contributed by atoms with E-state index in [0.29, 0.717) is 0 Å². The second-order valence-corrected chi connectivity index (χ2v) is 4.30. The molecule has 0 amide bonds. The maximum Gasteiger partial charge on any atom is 0.141 e. The number of hydrogen-bond acceptors (Lipinski definition) is 2. The van der Waals surface area contributed by atoms with Crippen molar-refractivity contribution in [2.24, 2.45) is 0 Å². The summed E-state index contributed by atoms with van der Waals surface area (Å²) >= 11 is 0. The zero-order valence-electron chi connectivity index (χ0n) is 10.7. The Morgan fingerprint density at radius 2 is 1.45 bits per heavy atom. The van der Waals surface area contributed by atoms with E-state index in [1.54, 1.807) is 6.07 Å². The van der Waals surface area contributed by atoms with Gasteiger partial charge in [-0.2, -0.15) is 0 Å². The number of pyridine rings is 1. The summed E-state index contributed by atoms with van der Waals surface area (Å²) in [6.45, 7) is 0. The highest BCUT2D eigenvalue weighted by Gasteiger charge is 2.01. The molecular formula is C17H12FNO. The zero-order valence-corrected chi connectivity index (χ0v) is 10.7. The van der Waals surface area contributed by atoms with E-state index < -0.39 is 0 Å². The molecule has 0 atom stereocenters. The highest BCUT2D eigenvalue weighted by atomic mass is 19.1. The molecule has 0 unspecified atom stereocenters. The number of aromatic nitrogens is 1. The lowest BCUT2D eigenvalue weighted by Gasteiger charge is -2.06. The minimum atomic E-state index is -0.335. The van der Waals surface area contributed by atoms with Gasteiger partial charge < -0.3 is 4.74 Å². The second kappa shape index (κ2) is 5.53. The second-order valence-electron chi connectivity index (χ2n) is 4.30. The van der Waals surface area contributed by atoms with Crippen LogP contribution in [0.2, 0.25) is 0 Å². The van der Waals surface area contributed by atoms with Gasteiger partial charge in [0.05, 0.1) is 11.9 Å². The summed E-state index contributed by atoms with van der Waals surface area (Å²) in [5.74, 6) is 1.21. The van der Waals surface area contributed by atoms with E-state index >= 15 is 0 Å². The van der Waals surface area contributed by atoms with Crippen LogP contribution in [0.4, 0.5) is 4.39 Å². The van der Waals surface area contributed by atoms with Gasteiger partial charge in [-0.25, -0.2) is 4.39 Å². The van der Waals surface area contributed by atoms with Crippen LogP contribution in [0.25, 0.3) is 11.3 Å². The average molecular weight is 265 g/mol. The van der Waals surface area contributed by atoms with Crippen molar-refractivity contribution in [3.05, 3.63) is 78.7 Å². The number of hydrogen-bond donors (Lipinski definition) is 0. The van der Waals surface area contributed by atoms with Crippen LogP contribution >= 0.6 is 0 Å². The van der Waals surface area contributed by atoms with Gasteiger partial charge in [0.25, 0.3) is 0 Å². The van der Waals surface area contributed by atoms with Gasteiger partial charge in [0, 0.05) is 5.56 Å². The van der Waals surface area contributed by atoms with Crippen LogP contribution in [-0.4, -0.2) is 4.98 Å². The number of halogens is 1. The van der Waals surface area contributed by atoms with Crippen molar-refractivity contribution in [3.8, 4) is 22.8 Å². The van der Waals surface area contributed by atoms with Crippen LogP contribution in [0.15, 0.2) is 72.9 Å². The van der Waals surface area contributed by atoms with E-state index in [-0.39, 0.29) is 5.82 Å². The summed E-state index contributed by atoms with van der Waals surface area (Å²) in [5, 5.41) is 0. The highest BCUT2D eigenvalue weighted by Crippen LogP contribution is 2.24. The van der Waals surface area contributed by atoms with Gasteiger partial charge in [-0.15, -0.1) is 0 Å². The molecule has 0 aliphatic rings. The first-order valence-corrected chi connectivity index (χ1v) is 6.26. The largest absolute Gasteiger partial charge is 0.457 e. The van der Waals surface area contributed by atoms with E-state index in [2.05, 4.69) is 4.98 Å². The lowest BCUT2D eigenvalue weighted by atomic mass is 10.1. The summed E-state index contributed by atoms with van der Waals surface area (Å²) in [4.78, 5) is 4.05. The number of para-hydroxylation sites is 1. The molecule has 0 aliphatic heterocycles. The van der Waals surface area contributed by atoms with Crippen molar-refractivity contribution in [1.82, 2.24) is 4.98 Å². The normalized spacial score (nSPS) is 10.2. The monoisotopic (exact) mass is 265 g/mol. The Labute approximate surface area is 116 Å². The Balaban J connectivity index is 1.79. The fraction of sp³-hybridized carbons (Fsp3) is 0. The maximum atomic E-state index is 12.8. The first kappa shape index (κ1) is 12.4. The average Bonchev–Trinajstić information content (AvgIpc) is 2.50. The predicted octanol–water partition coefficient (Wildman–Crippen LogP) is 4.68. The minimum absolute atomic E-state index is 0.335. The molecule has 0 saturated carbocycles. The first-order valence-electron chi connectivity index (χ1n) is 6.26. The van der Waals surface area contributed by atoms with Crippen LogP contribution in [0.3, 0.4) is 0 Å². The number of ether oxygens (including phenoxy) is 1. The molecule has 98 valence electrons. The molecule has 0 fully saturated rings. The minimum Gasteiger partial charge on any atom is -0.457 e. The Morgan fingerprint density at radius 1 is 0.750 bits per heavy atom. The third-order valence-corrected chi connectivity index (χ3v) is 2.86. The first-order chi connectivity index (χ1) is 9.81. The molecule has 3 rings (SSSR count). The third kappa shape index (κ3) is 2.83. The smallest absolute Gasteiger partial charge is 0.141 e. The van der Waals surface area contributed by atoms with E-state index in [4.69, 9.17) is 4.74 Å². The molecule has 0 aliphatic carbocycles. The van der Waals surface area contributed by atoms with E-state index in [9.17, 15) is 4.39 Å². The lowest BCUT2D eigenvalue weighted by molar-refractivity contribution is 0.483. The highest BCUT2D eigenvalue weighted by molar-refractivity contribution is 5.59. The van der Waals surface area contributed by atoms with E-state index in [1.165, 1.54) is 12.3 Å². The number of benzene rings is 2. The van der Waals surface area contributed by atoms with Gasteiger partial charge in [0.2, 0.25) is 0 Å². The van der Waals surface area contributed by atoms with Gasteiger partial charge >= 0.3 is 0 Å². The SMILES string of the molecule is Fc1ccc(-c2ccc(Oc3ccccc3)cc2)nc1. The van der Waals surface area contributed by atoms with Gasteiger partial charge in [-0.1, -0.05) is 18.2 Å². The molecule has 2 nitrogen and oxygen atoms in total. The van der Waals surface area contributed by atoms with Gasteiger partial charge in [-0.05, 0) is 48.5 Å². The summed E-state index contributed by atoms with van der Waals surface area (Å²) < 4.78 is 18.5. The van der Waals surface area contributed by atoms with Crippen molar-refractivity contribution in [1.29, 1.82) is 0 Å². The molecule has 2 aromatic carbocycles. The molecule has 1 aromatic heterocycles. The van der Waals surface area contributed by atoms with Crippen LogP contribution in [0, 0.1) is 5.82 Å². The number of rotatable bonds is 3. The van der Waals surface area contributed by atoms with Crippen LogP contribution in [0.1, 0.15) is 0 Å². The quantitative estimate of drug-likeness (QED) is 0.686. The van der Waals surface area contributed by atoms with Gasteiger partial charge in [0.1, 0.15) is 17.3 Å². The van der Waals surface area contributed by atoms with Crippen molar-refractivity contribution >= 4 is 0 Å². The lowest BCUT2D eigenvalue weighted by Crippen LogP contribution is -1.86. The topological polar surface area (TPSA) is 22.1 Å². The zero-order chi connectivity index (χ0) is 13.8.